The molecule has 1 unspecified atom stereocenters. The number of rotatable bonds is 2. The van der Waals surface area contributed by atoms with Gasteiger partial charge in [0.1, 0.15) is 5.54 Å². The summed E-state index contributed by atoms with van der Waals surface area (Å²) in [5, 5.41) is 2.84. The zero-order chi connectivity index (χ0) is 10.3. The first-order valence-corrected chi connectivity index (χ1v) is 5.18. The number of hydrogen-bond donors (Lipinski definition) is 1. The fourth-order valence-electron chi connectivity index (χ4n) is 2.15. The number of nitrogens with one attached hydrogen (secondary N) is 1. The highest BCUT2D eigenvalue weighted by atomic mass is 16.2. The summed E-state index contributed by atoms with van der Waals surface area (Å²) in [5.74, 6) is 0.413. The second-order valence-electron chi connectivity index (χ2n) is 4.34. The van der Waals surface area contributed by atoms with E-state index in [4.69, 9.17) is 0 Å². The summed E-state index contributed by atoms with van der Waals surface area (Å²) in [6.45, 7) is 4.60. The van der Waals surface area contributed by atoms with Crippen LogP contribution in [0.2, 0.25) is 0 Å². The number of carbonyl (C=O) groups excluding carboxylic acids is 2. The molecule has 0 bridgehead atoms. The summed E-state index contributed by atoms with van der Waals surface area (Å²) in [7, 11) is 0. The molecule has 14 heavy (non-hydrogen) atoms. The van der Waals surface area contributed by atoms with Crippen LogP contribution in [0.4, 0.5) is 0 Å². The molecule has 78 valence electrons. The third-order valence-corrected chi connectivity index (χ3v) is 3.24. The quantitative estimate of drug-likeness (QED) is 0.682. The Morgan fingerprint density at radius 2 is 2.14 bits per heavy atom. The van der Waals surface area contributed by atoms with E-state index in [0.717, 1.165) is 12.8 Å². The van der Waals surface area contributed by atoms with Gasteiger partial charge < -0.3 is 10.2 Å². The van der Waals surface area contributed by atoms with Crippen LogP contribution in [-0.4, -0.2) is 35.3 Å². The molecule has 0 radical (unpaired) electrons. The predicted octanol–water partition coefficient (Wildman–Crippen LogP) is 0.133. The predicted molar refractivity (Wildman–Crippen MR) is 51.5 cm³/mol. The molecule has 4 nitrogen and oxygen atoms in total. The minimum Gasteiger partial charge on any atom is -0.340 e. The minimum absolute atomic E-state index is 0.0270. The molecule has 1 saturated heterocycles. The Hall–Kier alpha value is -1.06. The zero-order valence-corrected chi connectivity index (χ0v) is 8.67. The molecule has 0 aromatic rings. The summed E-state index contributed by atoms with van der Waals surface area (Å²) < 4.78 is 0. The number of amides is 2. The monoisotopic (exact) mass is 196 g/mol. The van der Waals surface area contributed by atoms with Gasteiger partial charge in [0.2, 0.25) is 11.8 Å². The standard InChI is InChI=1S/C10H16N2O2/c1-3-12-6-8(13)11-10(2,9(12)14)7-4-5-7/h7H,3-6H2,1-2H3,(H,11,13). The molecule has 1 aliphatic carbocycles. The van der Waals surface area contributed by atoms with E-state index in [9.17, 15) is 9.59 Å². The van der Waals surface area contributed by atoms with Gasteiger partial charge in [-0.15, -0.1) is 0 Å². The van der Waals surface area contributed by atoms with E-state index in [1.54, 1.807) is 4.90 Å². The van der Waals surface area contributed by atoms with Crippen molar-refractivity contribution in [2.75, 3.05) is 13.1 Å². The van der Waals surface area contributed by atoms with Crippen LogP contribution in [0.1, 0.15) is 26.7 Å². The van der Waals surface area contributed by atoms with E-state index in [0.29, 0.717) is 12.5 Å². The van der Waals surface area contributed by atoms with Gasteiger partial charge in [-0.1, -0.05) is 0 Å². The maximum Gasteiger partial charge on any atom is 0.248 e. The van der Waals surface area contributed by atoms with Crippen LogP contribution < -0.4 is 5.32 Å². The number of nitrogens with zero attached hydrogens (tertiary/aromatic N) is 1. The van der Waals surface area contributed by atoms with Gasteiger partial charge in [-0.05, 0) is 32.6 Å². The van der Waals surface area contributed by atoms with Crippen LogP contribution in [0, 0.1) is 5.92 Å². The lowest BCUT2D eigenvalue weighted by Gasteiger charge is -2.39. The fourth-order valence-corrected chi connectivity index (χ4v) is 2.15. The van der Waals surface area contributed by atoms with Crippen molar-refractivity contribution in [1.29, 1.82) is 0 Å². The number of piperazine rings is 1. The number of carbonyl (C=O) groups is 2. The Labute approximate surface area is 83.6 Å². The number of likely N-dealkylation sites (N-methyl/N-ethyl adjacent to an activating group) is 1. The molecular weight excluding hydrogens is 180 g/mol. The van der Waals surface area contributed by atoms with Crippen molar-refractivity contribution in [3.05, 3.63) is 0 Å². The topological polar surface area (TPSA) is 49.4 Å². The smallest absolute Gasteiger partial charge is 0.248 e. The molecular formula is C10H16N2O2. The van der Waals surface area contributed by atoms with Crippen molar-refractivity contribution in [1.82, 2.24) is 10.2 Å². The van der Waals surface area contributed by atoms with Crippen molar-refractivity contribution in [3.8, 4) is 0 Å². The SMILES string of the molecule is CCN1CC(=O)NC(C)(C2CC2)C1=O. The summed E-state index contributed by atoms with van der Waals surface area (Å²) >= 11 is 0. The van der Waals surface area contributed by atoms with Crippen LogP contribution in [0.5, 0.6) is 0 Å². The molecule has 1 atom stereocenters. The Balaban J connectivity index is 2.22. The van der Waals surface area contributed by atoms with E-state index in [-0.39, 0.29) is 18.4 Å². The van der Waals surface area contributed by atoms with E-state index < -0.39 is 5.54 Å². The Kier molecular flexibility index (Phi) is 2.01. The van der Waals surface area contributed by atoms with Gasteiger partial charge in [0.25, 0.3) is 0 Å². The first-order chi connectivity index (χ1) is 6.58. The molecule has 0 spiro atoms. The molecule has 1 heterocycles. The molecule has 0 aromatic heterocycles. The average molecular weight is 196 g/mol. The summed E-state index contributed by atoms with van der Waals surface area (Å²) in [6.07, 6.45) is 2.11. The van der Waals surface area contributed by atoms with Crippen LogP contribution >= 0.6 is 0 Å². The van der Waals surface area contributed by atoms with Crippen molar-refractivity contribution < 1.29 is 9.59 Å². The molecule has 1 aliphatic heterocycles. The Morgan fingerprint density at radius 1 is 1.50 bits per heavy atom. The average Bonchev–Trinajstić information content (AvgIpc) is 2.94. The largest absolute Gasteiger partial charge is 0.340 e. The highest BCUT2D eigenvalue weighted by Gasteiger charge is 2.52. The third-order valence-electron chi connectivity index (χ3n) is 3.24. The molecule has 2 aliphatic rings. The molecule has 4 heteroatoms. The van der Waals surface area contributed by atoms with Gasteiger partial charge in [-0.25, -0.2) is 0 Å². The third kappa shape index (κ3) is 1.29. The minimum atomic E-state index is -0.620. The van der Waals surface area contributed by atoms with E-state index in [1.165, 1.54) is 0 Å². The van der Waals surface area contributed by atoms with E-state index in [1.807, 2.05) is 13.8 Å². The Bertz CT molecular complexity index is 286. The highest BCUT2D eigenvalue weighted by molar-refractivity contribution is 5.98. The van der Waals surface area contributed by atoms with Crippen molar-refractivity contribution in [2.24, 2.45) is 5.92 Å². The second-order valence-corrected chi connectivity index (χ2v) is 4.34. The van der Waals surface area contributed by atoms with E-state index in [2.05, 4.69) is 5.32 Å². The van der Waals surface area contributed by atoms with Gasteiger partial charge in [0, 0.05) is 6.54 Å². The first kappa shape index (κ1) is 9.49. The molecule has 2 rings (SSSR count). The molecule has 1 saturated carbocycles. The van der Waals surface area contributed by atoms with Crippen LogP contribution in [-0.2, 0) is 9.59 Å². The normalized spacial score (nSPS) is 33.1. The molecule has 2 amide bonds. The maximum atomic E-state index is 12.0. The van der Waals surface area contributed by atoms with Crippen molar-refractivity contribution >= 4 is 11.8 Å². The highest BCUT2D eigenvalue weighted by Crippen LogP contribution is 2.41. The van der Waals surface area contributed by atoms with Gasteiger partial charge in [0.05, 0.1) is 6.54 Å². The lowest BCUT2D eigenvalue weighted by molar-refractivity contribution is -0.149. The lowest BCUT2D eigenvalue weighted by Crippen LogP contribution is -2.66. The van der Waals surface area contributed by atoms with Crippen LogP contribution in [0.25, 0.3) is 0 Å². The van der Waals surface area contributed by atoms with Crippen LogP contribution in [0.15, 0.2) is 0 Å². The summed E-state index contributed by atoms with van der Waals surface area (Å²) in [4.78, 5) is 25.1. The lowest BCUT2D eigenvalue weighted by atomic mass is 9.91. The molecule has 0 aromatic carbocycles. The first-order valence-electron chi connectivity index (χ1n) is 5.18. The second kappa shape index (κ2) is 2.97. The van der Waals surface area contributed by atoms with Gasteiger partial charge in [-0.2, -0.15) is 0 Å². The maximum absolute atomic E-state index is 12.0. The van der Waals surface area contributed by atoms with Crippen LogP contribution in [0.3, 0.4) is 0 Å². The fraction of sp³-hybridized carbons (Fsp3) is 0.800. The summed E-state index contributed by atoms with van der Waals surface area (Å²) in [5.41, 5.74) is -0.620. The van der Waals surface area contributed by atoms with Crippen molar-refractivity contribution in [2.45, 2.75) is 32.2 Å². The molecule has 2 fully saturated rings. The zero-order valence-electron chi connectivity index (χ0n) is 8.67. The van der Waals surface area contributed by atoms with Crippen molar-refractivity contribution in [3.63, 3.8) is 0 Å². The van der Waals surface area contributed by atoms with E-state index >= 15 is 0 Å². The molecule has 1 N–H and O–H groups in total. The van der Waals surface area contributed by atoms with Gasteiger partial charge in [0.15, 0.2) is 0 Å². The van der Waals surface area contributed by atoms with Gasteiger partial charge in [-0.3, -0.25) is 9.59 Å². The van der Waals surface area contributed by atoms with Gasteiger partial charge >= 0.3 is 0 Å². The number of hydrogen-bond acceptors (Lipinski definition) is 2. The Morgan fingerprint density at radius 3 is 2.64 bits per heavy atom. The summed E-state index contributed by atoms with van der Waals surface area (Å²) in [6, 6.07) is 0.